The van der Waals surface area contributed by atoms with Crippen molar-refractivity contribution in [2.45, 2.75) is 32.6 Å². The van der Waals surface area contributed by atoms with E-state index in [1.165, 1.54) is 18.4 Å². The van der Waals surface area contributed by atoms with Crippen LogP contribution in [0.25, 0.3) is 0 Å². The van der Waals surface area contributed by atoms with E-state index in [-0.39, 0.29) is 0 Å². The number of hydrogen-bond donors (Lipinski definition) is 0. The Kier molecular flexibility index (Phi) is 5.24. The minimum atomic E-state index is 0.663. The molecule has 1 aromatic rings. The van der Waals surface area contributed by atoms with E-state index in [4.69, 9.17) is 0 Å². The summed E-state index contributed by atoms with van der Waals surface area (Å²) in [6, 6.07) is 10.8. The largest absolute Gasteiger partial charge is 0.0921 e. The van der Waals surface area contributed by atoms with Gasteiger partial charge in [-0.2, -0.15) is 0 Å². The molecule has 0 heterocycles. The Morgan fingerprint density at radius 3 is 2.36 bits per heavy atom. The van der Waals surface area contributed by atoms with Crippen LogP contribution in [0.15, 0.2) is 30.3 Å². The molecule has 0 aliphatic rings. The molecular formula is C13H19Br. The van der Waals surface area contributed by atoms with Gasteiger partial charge in [0.1, 0.15) is 0 Å². The summed E-state index contributed by atoms with van der Waals surface area (Å²) in [5.74, 6) is 1.43. The molecule has 0 saturated heterocycles. The van der Waals surface area contributed by atoms with Crippen LogP contribution in [-0.4, -0.2) is 5.33 Å². The highest BCUT2D eigenvalue weighted by Gasteiger charge is 2.16. The van der Waals surface area contributed by atoms with Gasteiger partial charge < -0.3 is 0 Å². The van der Waals surface area contributed by atoms with Gasteiger partial charge in [-0.05, 0) is 17.4 Å². The second-order valence-electron chi connectivity index (χ2n) is 3.94. The van der Waals surface area contributed by atoms with Crippen LogP contribution in [0, 0.1) is 5.92 Å². The van der Waals surface area contributed by atoms with Crippen LogP contribution >= 0.6 is 15.9 Å². The van der Waals surface area contributed by atoms with Crippen molar-refractivity contribution in [2.75, 3.05) is 5.33 Å². The second kappa shape index (κ2) is 6.23. The molecule has 78 valence electrons. The van der Waals surface area contributed by atoms with E-state index in [9.17, 15) is 0 Å². The normalized spacial score (nSPS) is 15.1. The van der Waals surface area contributed by atoms with Crippen molar-refractivity contribution in [3.63, 3.8) is 0 Å². The van der Waals surface area contributed by atoms with Gasteiger partial charge in [0.2, 0.25) is 0 Å². The minimum absolute atomic E-state index is 0.663. The SMILES string of the molecule is CCCC(C)C(CBr)c1ccccc1. The molecule has 0 spiro atoms. The molecule has 0 aliphatic carbocycles. The molecule has 0 N–H and O–H groups in total. The molecule has 1 aromatic carbocycles. The lowest BCUT2D eigenvalue weighted by atomic mass is 9.86. The van der Waals surface area contributed by atoms with Crippen LogP contribution in [0.5, 0.6) is 0 Å². The smallest absolute Gasteiger partial charge is 0.0103 e. The molecule has 0 amide bonds. The first-order valence-electron chi connectivity index (χ1n) is 5.40. The fourth-order valence-corrected chi connectivity index (χ4v) is 2.94. The van der Waals surface area contributed by atoms with Crippen LogP contribution in [0.2, 0.25) is 0 Å². The zero-order chi connectivity index (χ0) is 10.4. The molecule has 0 aliphatic heterocycles. The molecule has 0 fully saturated rings. The Labute approximate surface area is 95.9 Å². The minimum Gasteiger partial charge on any atom is -0.0921 e. The summed E-state index contributed by atoms with van der Waals surface area (Å²) in [4.78, 5) is 0. The lowest BCUT2D eigenvalue weighted by molar-refractivity contribution is 0.454. The highest BCUT2D eigenvalue weighted by Crippen LogP contribution is 2.29. The van der Waals surface area contributed by atoms with Crippen LogP contribution in [0.3, 0.4) is 0 Å². The quantitative estimate of drug-likeness (QED) is 0.674. The lowest BCUT2D eigenvalue weighted by Gasteiger charge is -2.21. The van der Waals surface area contributed by atoms with Crippen molar-refractivity contribution >= 4 is 15.9 Å². The van der Waals surface area contributed by atoms with Crippen LogP contribution in [0.4, 0.5) is 0 Å². The van der Waals surface area contributed by atoms with Gasteiger partial charge in [0.05, 0.1) is 0 Å². The maximum absolute atomic E-state index is 3.62. The van der Waals surface area contributed by atoms with Crippen molar-refractivity contribution in [3.05, 3.63) is 35.9 Å². The van der Waals surface area contributed by atoms with Crippen LogP contribution < -0.4 is 0 Å². The molecule has 2 atom stereocenters. The maximum atomic E-state index is 3.62. The predicted molar refractivity (Wildman–Crippen MR) is 67.0 cm³/mol. The summed E-state index contributed by atoms with van der Waals surface area (Å²) < 4.78 is 0. The Morgan fingerprint density at radius 1 is 1.21 bits per heavy atom. The average molecular weight is 255 g/mol. The number of hydrogen-bond acceptors (Lipinski definition) is 0. The molecular weight excluding hydrogens is 236 g/mol. The van der Waals surface area contributed by atoms with Gasteiger partial charge >= 0.3 is 0 Å². The molecule has 14 heavy (non-hydrogen) atoms. The van der Waals surface area contributed by atoms with Gasteiger partial charge in [0.15, 0.2) is 0 Å². The van der Waals surface area contributed by atoms with Crippen LogP contribution in [-0.2, 0) is 0 Å². The van der Waals surface area contributed by atoms with Gasteiger partial charge in [-0.3, -0.25) is 0 Å². The highest BCUT2D eigenvalue weighted by atomic mass is 79.9. The van der Waals surface area contributed by atoms with E-state index in [1.807, 2.05) is 0 Å². The van der Waals surface area contributed by atoms with Gasteiger partial charge in [-0.15, -0.1) is 0 Å². The molecule has 0 aromatic heterocycles. The molecule has 0 saturated carbocycles. The van der Waals surface area contributed by atoms with Gasteiger partial charge in [-0.25, -0.2) is 0 Å². The highest BCUT2D eigenvalue weighted by molar-refractivity contribution is 9.09. The van der Waals surface area contributed by atoms with Crippen molar-refractivity contribution in [2.24, 2.45) is 5.92 Å². The summed E-state index contributed by atoms with van der Waals surface area (Å²) >= 11 is 3.62. The van der Waals surface area contributed by atoms with Crippen molar-refractivity contribution in [3.8, 4) is 0 Å². The zero-order valence-corrected chi connectivity index (χ0v) is 10.6. The first kappa shape index (κ1) is 11.8. The monoisotopic (exact) mass is 254 g/mol. The summed E-state index contributed by atoms with van der Waals surface area (Å²) in [6.07, 6.45) is 2.59. The van der Waals surface area contributed by atoms with Crippen molar-refractivity contribution in [1.82, 2.24) is 0 Å². The van der Waals surface area contributed by atoms with E-state index in [0.717, 1.165) is 11.2 Å². The molecule has 1 heteroatoms. The number of benzene rings is 1. The number of alkyl halides is 1. The predicted octanol–water partition coefficient (Wildman–Crippen LogP) is 4.60. The third-order valence-corrected chi connectivity index (χ3v) is 3.52. The fourth-order valence-electron chi connectivity index (χ4n) is 1.93. The molecule has 2 unspecified atom stereocenters. The standard InChI is InChI=1S/C13H19Br/c1-3-7-11(2)13(10-14)12-8-5-4-6-9-12/h4-6,8-9,11,13H,3,7,10H2,1-2H3. The van der Waals surface area contributed by atoms with E-state index in [0.29, 0.717) is 5.92 Å². The van der Waals surface area contributed by atoms with E-state index in [1.54, 1.807) is 0 Å². The number of halogens is 1. The lowest BCUT2D eigenvalue weighted by Crippen LogP contribution is -2.11. The zero-order valence-electron chi connectivity index (χ0n) is 9.04. The number of rotatable bonds is 5. The van der Waals surface area contributed by atoms with E-state index >= 15 is 0 Å². The topological polar surface area (TPSA) is 0 Å². The third kappa shape index (κ3) is 3.13. The summed E-state index contributed by atoms with van der Waals surface area (Å²) in [5, 5.41) is 1.07. The Morgan fingerprint density at radius 2 is 1.86 bits per heavy atom. The third-order valence-electron chi connectivity index (χ3n) is 2.82. The summed E-state index contributed by atoms with van der Waals surface area (Å²) in [5.41, 5.74) is 1.46. The summed E-state index contributed by atoms with van der Waals surface area (Å²) in [6.45, 7) is 4.61. The second-order valence-corrected chi connectivity index (χ2v) is 4.58. The van der Waals surface area contributed by atoms with Gasteiger partial charge in [-0.1, -0.05) is 73.0 Å². The first-order chi connectivity index (χ1) is 6.79. The van der Waals surface area contributed by atoms with Crippen molar-refractivity contribution in [1.29, 1.82) is 0 Å². The fraction of sp³-hybridized carbons (Fsp3) is 0.538. The Bertz CT molecular complexity index is 243. The summed E-state index contributed by atoms with van der Waals surface area (Å²) in [7, 11) is 0. The van der Waals surface area contributed by atoms with E-state index in [2.05, 4.69) is 60.1 Å². The molecule has 0 bridgehead atoms. The Hall–Kier alpha value is -0.300. The van der Waals surface area contributed by atoms with Crippen molar-refractivity contribution < 1.29 is 0 Å². The van der Waals surface area contributed by atoms with Gasteiger partial charge in [0.25, 0.3) is 0 Å². The Balaban J connectivity index is 2.71. The molecule has 0 nitrogen and oxygen atoms in total. The van der Waals surface area contributed by atoms with Gasteiger partial charge in [0, 0.05) is 5.33 Å². The molecule has 0 radical (unpaired) electrons. The average Bonchev–Trinajstić information content (AvgIpc) is 2.21. The molecule has 1 rings (SSSR count). The maximum Gasteiger partial charge on any atom is 0.0103 e. The first-order valence-corrected chi connectivity index (χ1v) is 6.52. The van der Waals surface area contributed by atoms with Crippen LogP contribution in [0.1, 0.15) is 38.2 Å². The van der Waals surface area contributed by atoms with E-state index < -0.39 is 0 Å².